The van der Waals surface area contributed by atoms with Gasteiger partial charge in [-0.05, 0) is 43.2 Å². The summed E-state index contributed by atoms with van der Waals surface area (Å²) in [5.74, 6) is -0.220. The van der Waals surface area contributed by atoms with Crippen molar-refractivity contribution in [3.8, 4) is 0 Å². The quantitative estimate of drug-likeness (QED) is 0.828. The van der Waals surface area contributed by atoms with E-state index in [9.17, 15) is 9.18 Å². The van der Waals surface area contributed by atoms with Gasteiger partial charge in [0.15, 0.2) is 0 Å². The number of urea groups is 1. The number of halogens is 2. The highest BCUT2D eigenvalue weighted by atomic mass is 35.5. The molecular weight excluding hydrogens is 329 g/mol. The first-order valence-electron chi connectivity index (χ1n) is 8.07. The van der Waals surface area contributed by atoms with Crippen molar-refractivity contribution in [3.63, 3.8) is 0 Å². The number of amides is 2. The monoisotopic (exact) mass is 349 g/mol. The third-order valence-electron chi connectivity index (χ3n) is 4.50. The van der Waals surface area contributed by atoms with E-state index in [-0.39, 0.29) is 23.0 Å². The largest absolute Gasteiger partial charge is 0.345 e. The first-order valence-corrected chi connectivity index (χ1v) is 8.45. The summed E-state index contributed by atoms with van der Waals surface area (Å²) in [6, 6.07) is 8.18. The van der Waals surface area contributed by atoms with Crippen LogP contribution in [0, 0.1) is 18.7 Å². The summed E-state index contributed by atoms with van der Waals surface area (Å²) in [6.07, 6.45) is 0. The number of anilines is 1. The lowest BCUT2D eigenvalue weighted by atomic mass is 9.97. The Labute approximate surface area is 146 Å². The minimum atomic E-state index is -0.499. The zero-order valence-corrected chi connectivity index (χ0v) is 14.8. The normalized spacial score (nSPS) is 17.1. The number of nitrogens with zero attached hydrogens (tertiary/aromatic N) is 2. The third kappa shape index (κ3) is 3.00. The van der Waals surface area contributed by atoms with Crippen molar-refractivity contribution in [2.45, 2.75) is 33.4 Å². The van der Waals surface area contributed by atoms with Gasteiger partial charge < -0.3 is 14.8 Å². The van der Waals surface area contributed by atoms with Gasteiger partial charge in [-0.25, -0.2) is 9.18 Å². The third-order valence-corrected chi connectivity index (χ3v) is 4.79. The molecule has 4 nitrogen and oxygen atoms in total. The van der Waals surface area contributed by atoms with Crippen LogP contribution < -0.4 is 5.32 Å². The maximum Gasteiger partial charge on any atom is 0.322 e. The number of fused-ring (bicyclic) bond motifs is 1. The van der Waals surface area contributed by atoms with E-state index in [2.05, 4.69) is 42.8 Å². The highest BCUT2D eigenvalue weighted by Gasteiger charge is 2.33. The first kappa shape index (κ1) is 16.8. The fourth-order valence-electron chi connectivity index (χ4n) is 3.36. The summed E-state index contributed by atoms with van der Waals surface area (Å²) in [5.41, 5.74) is 2.85. The predicted molar refractivity (Wildman–Crippen MR) is 93.9 cm³/mol. The molecule has 0 saturated carbocycles. The molecule has 1 N–H and O–H groups in total. The molecule has 128 valence electrons. The molecule has 2 aromatic rings. The van der Waals surface area contributed by atoms with Gasteiger partial charge in [0.2, 0.25) is 0 Å². The van der Waals surface area contributed by atoms with Crippen molar-refractivity contribution in [3.05, 3.63) is 52.6 Å². The Morgan fingerprint density at radius 1 is 1.29 bits per heavy atom. The number of nitrogens with one attached hydrogen (secondary N) is 1. The highest BCUT2D eigenvalue weighted by molar-refractivity contribution is 6.31. The van der Waals surface area contributed by atoms with Crippen molar-refractivity contribution < 1.29 is 9.18 Å². The average molecular weight is 350 g/mol. The van der Waals surface area contributed by atoms with Crippen LogP contribution in [-0.4, -0.2) is 22.0 Å². The van der Waals surface area contributed by atoms with Crippen LogP contribution in [0.1, 0.15) is 31.3 Å². The van der Waals surface area contributed by atoms with Gasteiger partial charge in [0.25, 0.3) is 0 Å². The Hall–Kier alpha value is -2.01. The molecule has 2 heterocycles. The molecule has 0 fully saturated rings. The second-order valence-electron chi connectivity index (χ2n) is 6.49. The Kier molecular flexibility index (Phi) is 4.54. The minimum absolute atomic E-state index is 0.00312. The van der Waals surface area contributed by atoms with Crippen molar-refractivity contribution in [1.82, 2.24) is 9.47 Å². The van der Waals surface area contributed by atoms with Crippen molar-refractivity contribution >= 4 is 23.3 Å². The maximum atomic E-state index is 13.3. The number of aromatic nitrogens is 1. The van der Waals surface area contributed by atoms with Crippen molar-refractivity contribution in [2.24, 2.45) is 5.92 Å². The molecular formula is C18H21ClFN3O. The fraction of sp³-hybridized carbons (Fsp3) is 0.389. The van der Waals surface area contributed by atoms with E-state index in [4.69, 9.17) is 11.6 Å². The summed E-state index contributed by atoms with van der Waals surface area (Å²) in [4.78, 5) is 14.6. The van der Waals surface area contributed by atoms with Crippen LogP contribution >= 0.6 is 11.6 Å². The molecule has 0 unspecified atom stereocenters. The van der Waals surface area contributed by atoms with Gasteiger partial charge in [-0.3, -0.25) is 0 Å². The summed E-state index contributed by atoms with van der Waals surface area (Å²) in [5, 5.41) is 2.83. The number of benzene rings is 1. The van der Waals surface area contributed by atoms with Gasteiger partial charge in [-0.1, -0.05) is 25.4 Å². The SMILES string of the molecule is Cc1ccc2n1CCN(C(=O)Nc1ccc(F)c(Cl)c1)[C@@H]2C(C)C. The second-order valence-corrected chi connectivity index (χ2v) is 6.90. The molecule has 0 bridgehead atoms. The van der Waals surface area contributed by atoms with Gasteiger partial charge in [0.1, 0.15) is 5.82 Å². The molecule has 0 saturated heterocycles. The van der Waals surface area contributed by atoms with Crippen LogP contribution in [0.4, 0.5) is 14.9 Å². The molecule has 6 heteroatoms. The number of hydrogen-bond donors (Lipinski definition) is 1. The lowest BCUT2D eigenvalue weighted by Crippen LogP contribution is -2.46. The van der Waals surface area contributed by atoms with E-state index in [1.54, 1.807) is 0 Å². The zero-order chi connectivity index (χ0) is 17.4. The molecule has 0 spiro atoms. The average Bonchev–Trinajstić information content (AvgIpc) is 2.91. The smallest absolute Gasteiger partial charge is 0.322 e. The van der Waals surface area contributed by atoms with E-state index in [0.29, 0.717) is 12.2 Å². The molecule has 0 radical (unpaired) electrons. The van der Waals surface area contributed by atoms with Crippen LogP contribution in [0.15, 0.2) is 30.3 Å². The number of rotatable bonds is 2. The highest BCUT2D eigenvalue weighted by Crippen LogP contribution is 2.34. The van der Waals surface area contributed by atoms with Crippen LogP contribution in [0.25, 0.3) is 0 Å². The topological polar surface area (TPSA) is 37.3 Å². The van der Waals surface area contributed by atoms with Gasteiger partial charge >= 0.3 is 6.03 Å². The molecule has 2 amide bonds. The summed E-state index contributed by atoms with van der Waals surface area (Å²) in [6.45, 7) is 7.70. The lowest BCUT2D eigenvalue weighted by molar-refractivity contribution is 0.143. The molecule has 1 aliphatic rings. The molecule has 1 atom stereocenters. The fourth-order valence-corrected chi connectivity index (χ4v) is 3.54. The van der Waals surface area contributed by atoms with E-state index in [0.717, 1.165) is 12.2 Å². The Morgan fingerprint density at radius 2 is 2.04 bits per heavy atom. The molecule has 3 rings (SSSR count). The number of carbonyl (C=O) groups is 1. The van der Waals surface area contributed by atoms with E-state index < -0.39 is 5.82 Å². The summed E-state index contributed by atoms with van der Waals surface area (Å²) in [7, 11) is 0. The lowest BCUT2D eigenvalue weighted by Gasteiger charge is -2.39. The summed E-state index contributed by atoms with van der Waals surface area (Å²) >= 11 is 5.79. The molecule has 1 aromatic carbocycles. The summed E-state index contributed by atoms with van der Waals surface area (Å²) < 4.78 is 15.5. The molecule has 0 aliphatic carbocycles. The van der Waals surface area contributed by atoms with Crippen molar-refractivity contribution in [1.29, 1.82) is 0 Å². The standard InChI is InChI=1S/C18H21ClFN3O/c1-11(2)17-16-7-4-12(3)22(16)8-9-23(17)18(24)21-13-5-6-15(20)14(19)10-13/h4-7,10-11,17H,8-9H2,1-3H3,(H,21,24)/t17-/m1/s1. The number of aryl methyl sites for hydroxylation is 1. The van der Waals surface area contributed by atoms with Crippen molar-refractivity contribution in [2.75, 3.05) is 11.9 Å². The first-order chi connectivity index (χ1) is 11.4. The molecule has 24 heavy (non-hydrogen) atoms. The van der Waals surface area contributed by atoms with Crippen LogP contribution in [0.3, 0.4) is 0 Å². The minimum Gasteiger partial charge on any atom is -0.345 e. The Balaban J connectivity index is 1.84. The molecule has 1 aliphatic heterocycles. The van der Waals surface area contributed by atoms with Crippen LogP contribution in [0.5, 0.6) is 0 Å². The van der Waals surface area contributed by atoms with Gasteiger partial charge in [0.05, 0.1) is 11.1 Å². The van der Waals surface area contributed by atoms with Crippen LogP contribution in [0.2, 0.25) is 5.02 Å². The predicted octanol–water partition coefficient (Wildman–Crippen LogP) is 4.83. The van der Waals surface area contributed by atoms with E-state index in [1.807, 2.05) is 4.90 Å². The van der Waals surface area contributed by atoms with Gasteiger partial charge in [-0.15, -0.1) is 0 Å². The maximum absolute atomic E-state index is 13.3. The zero-order valence-electron chi connectivity index (χ0n) is 14.0. The Morgan fingerprint density at radius 3 is 2.71 bits per heavy atom. The van der Waals surface area contributed by atoms with Gasteiger partial charge in [0, 0.05) is 30.2 Å². The van der Waals surface area contributed by atoms with Gasteiger partial charge in [-0.2, -0.15) is 0 Å². The second kappa shape index (κ2) is 6.48. The number of carbonyl (C=O) groups excluding carboxylic acids is 1. The van der Waals surface area contributed by atoms with E-state index in [1.165, 1.54) is 23.9 Å². The van der Waals surface area contributed by atoms with Crippen LogP contribution in [-0.2, 0) is 6.54 Å². The number of hydrogen-bond acceptors (Lipinski definition) is 1. The Bertz CT molecular complexity index is 772. The molecule has 1 aromatic heterocycles. The van der Waals surface area contributed by atoms with E-state index >= 15 is 0 Å².